The van der Waals surface area contributed by atoms with Crippen LogP contribution in [0.2, 0.25) is 0 Å². The molecule has 1 unspecified atom stereocenters. The Labute approximate surface area is 103 Å². The first kappa shape index (κ1) is 10.9. The molecule has 1 atom stereocenters. The molecular formula is C14H10FNO2. The Morgan fingerprint density at radius 1 is 1.11 bits per heavy atom. The maximum atomic E-state index is 13.1. The molecule has 90 valence electrons. The predicted octanol–water partition coefficient (Wildman–Crippen LogP) is 2.01. The van der Waals surface area contributed by atoms with E-state index in [9.17, 15) is 14.3 Å². The van der Waals surface area contributed by atoms with Crippen LogP contribution >= 0.6 is 0 Å². The Morgan fingerprint density at radius 2 is 1.83 bits per heavy atom. The van der Waals surface area contributed by atoms with Crippen LogP contribution in [0.5, 0.6) is 0 Å². The summed E-state index contributed by atoms with van der Waals surface area (Å²) in [5.74, 6) is -1.01. The number of carbonyl (C=O) groups excluding carboxylic acids is 1. The van der Waals surface area contributed by atoms with Crippen molar-refractivity contribution in [1.82, 2.24) is 0 Å². The second-order valence-electron chi connectivity index (χ2n) is 4.22. The quantitative estimate of drug-likeness (QED) is 0.805. The number of carbonyl (C=O) groups is 1. The van der Waals surface area contributed by atoms with Crippen molar-refractivity contribution in [3.63, 3.8) is 0 Å². The Kier molecular flexibility index (Phi) is 2.21. The van der Waals surface area contributed by atoms with Gasteiger partial charge in [0.2, 0.25) is 0 Å². The minimum absolute atomic E-state index is 0.311. The number of anilines is 1. The average molecular weight is 243 g/mol. The highest BCUT2D eigenvalue weighted by molar-refractivity contribution is 6.07. The highest BCUT2D eigenvalue weighted by atomic mass is 19.1. The monoisotopic (exact) mass is 243 g/mol. The van der Waals surface area contributed by atoms with Gasteiger partial charge >= 0.3 is 0 Å². The molecule has 2 N–H and O–H groups in total. The smallest absolute Gasteiger partial charge is 0.265 e. The number of rotatable bonds is 1. The van der Waals surface area contributed by atoms with Crippen LogP contribution in [0.25, 0.3) is 0 Å². The van der Waals surface area contributed by atoms with Gasteiger partial charge in [0, 0.05) is 5.56 Å². The third-order valence-corrected chi connectivity index (χ3v) is 3.14. The molecule has 0 fully saturated rings. The highest BCUT2D eigenvalue weighted by Gasteiger charge is 2.46. The first-order valence-electron chi connectivity index (χ1n) is 5.52. The molecule has 2 aromatic rings. The van der Waals surface area contributed by atoms with Crippen LogP contribution in [0, 0.1) is 5.82 Å². The number of hydrogen-bond acceptors (Lipinski definition) is 2. The zero-order valence-corrected chi connectivity index (χ0v) is 9.35. The standard InChI is InChI=1S/C14H10FNO2/c15-10-6-7-11-12(8-10)16-13(17)14(11,18)9-4-2-1-3-5-9/h1-8,18H,(H,16,17). The van der Waals surface area contributed by atoms with Gasteiger partial charge in [-0.05, 0) is 17.7 Å². The van der Waals surface area contributed by atoms with Crippen LogP contribution in [0.15, 0.2) is 48.5 Å². The Hall–Kier alpha value is -2.20. The van der Waals surface area contributed by atoms with Gasteiger partial charge in [0.25, 0.3) is 5.91 Å². The zero-order valence-electron chi connectivity index (χ0n) is 9.35. The fraction of sp³-hybridized carbons (Fsp3) is 0.0714. The number of halogens is 1. The van der Waals surface area contributed by atoms with E-state index in [0.717, 1.165) is 0 Å². The molecule has 1 aliphatic heterocycles. The van der Waals surface area contributed by atoms with Gasteiger partial charge in [-0.25, -0.2) is 4.39 Å². The molecule has 0 saturated heterocycles. The predicted molar refractivity (Wildman–Crippen MR) is 64.5 cm³/mol. The summed E-state index contributed by atoms with van der Waals surface area (Å²) in [5.41, 5.74) is -0.594. The van der Waals surface area contributed by atoms with Gasteiger partial charge in [-0.3, -0.25) is 4.79 Å². The third-order valence-electron chi connectivity index (χ3n) is 3.14. The van der Waals surface area contributed by atoms with Crippen molar-refractivity contribution in [2.75, 3.05) is 5.32 Å². The van der Waals surface area contributed by atoms with Crippen LogP contribution in [0.4, 0.5) is 10.1 Å². The van der Waals surface area contributed by atoms with Crippen molar-refractivity contribution in [1.29, 1.82) is 0 Å². The highest BCUT2D eigenvalue weighted by Crippen LogP contribution is 2.40. The van der Waals surface area contributed by atoms with Gasteiger partial charge in [0.15, 0.2) is 5.60 Å². The molecule has 0 bridgehead atoms. The number of benzene rings is 2. The molecule has 18 heavy (non-hydrogen) atoms. The molecule has 0 aromatic heterocycles. The first-order chi connectivity index (χ1) is 8.62. The Bertz CT molecular complexity index is 627. The van der Waals surface area contributed by atoms with E-state index in [4.69, 9.17) is 0 Å². The molecule has 2 aromatic carbocycles. The Balaban J connectivity index is 2.23. The molecule has 1 amide bonds. The summed E-state index contributed by atoms with van der Waals surface area (Å²) < 4.78 is 13.1. The summed E-state index contributed by atoms with van der Waals surface area (Å²) in [6, 6.07) is 12.5. The minimum atomic E-state index is -1.75. The second kappa shape index (κ2) is 3.65. The van der Waals surface area contributed by atoms with Crippen LogP contribution in [-0.2, 0) is 10.4 Å². The van der Waals surface area contributed by atoms with Gasteiger partial charge in [0.1, 0.15) is 5.82 Å². The van der Waals surface area contributed by atoms with E-state index in [1.807, 2.05) is 0 Å². The van der Waals surface area contributed by atoms with E-state index in [2.05, 4.69) is 5.32 Å². The van der Waals surface area contributed by atoms with Crippen molar-refractivity contribution in [2.45, 2.75) is 5.60 Å². The molecular weight excluding hydrogens is 233 g/mol. The van der Waals surface area contributed by atoms with Crippen molar-refractivity contribution < 1.29 is 14.3 Å². The lowest BCUT2D eigenvalue weighted by molar-refractivity contribution is -0.129. The molecule has 1 aliphatic rings. The second-order valence-corrected chi connectivity index (χ2v) is 4.22. The lowest BCUT2D eigenvalue weighted by Crippen LogP contribution is -2.35. The molecule has 0 radical (unpaired) electrons. The topological polar surface area (TPSA) is 49.3 Å². The van der Waals surface area contributed by atoms with Crippen LogP contribution in [0.1, 0.15) is 11.1 Å². The van der Waals surface area contributed by atoms with Crippen molar-refractivity contribution in [3.05, 3.63) is 65.5 Å². The molecule has 1 heterocycles. The fourth-order valence-corrected chi connectivity index (χ4v) is 2.24. The Morgan fingerprint density at radius 3 is 2.56 bits per heavy atom. The van der Waals surface area contributed by atoms with Crippen molar-refractivity contribution in [2.24, 2.45) is 0 Å². The summed E-state index contributed by atoms with van der Waals surface area (Å²) >= 11 is 0. The largest absolute Gasteiger partial charge is 0.372 e. The van der Waals surface area contributed by atoms with E-state index in [1.165, 1.54) is 18.2 Å². The van der Waals surface area contributed by atoms with Gasteiger partial charge in [-0.1, -0.05) is 36.4 Å². The van der Waals surface area contributed by atoms with E-state index < -0.39 is 17.3 Å². The van der Waals surface area contributed by atoms with Gasteiger partial charge in [-0.2, -0.15) is 0 Å². The van der Waals surface area contributed by atoms with Gasteiger partial charge in [0.05, 0.1) is 5.69 Å². The lowest BCUT2D eigenvalue weighted by Gasteiger charge is -2.21. The molecule has 4 heteroatoms. The van der Waals surface area contributed by atoms with Gasteiger partial charge < -0.3 is 10.4 Å². The molecule has 0 spiro atoms. The summed E-state index contributed by atoms with van der Waals surface area (Å²) in [4.78, 5) is 12.0. The number of amides is 1. The van der Waals surface area contributed by atoms with E-state index in [1.54, 1.807) is 30.3 Å². The minimum Gasteiger partial charge on any atom is -0.372 e. The number of nitrogens with one attached hydrogen (secondary N) is 1. The van der Waals surface area contributed by atoms with Crippen LogP contribution in [-0.4, -0.2) is 11.0 Å². The number of aliphatic hydroxyl groups is 1. The lowest BCUT2D eigenvalue weighted by atomic mass is 9.87. The van der Waals surface area contributed by atoms with Crippen molar-refractivity contribution in [3.8, 4) is 0 Å². The van der Waals surface area contributed by atoms with E-state index in [-0.39, 0.29) is 0 Å². The molecule has 3 nitrogen and oxygen atoms in total. The maximum Gasteiger partial charge on any atom is 0.265 e. The van der Waals surface area contributed by atoms with E-state index >= 15 is 0 Å². The molecule has 3 rings (SSSR count). The molecule has 0 saturated carbocycles. The number of hydrogen-bond donors (Lipinski definition) is 2. The first-order valence-corrected chi connectivity index (χ1v) is 5.52. The van der Waals surface area contributed by atoms with Crippen molar-refractivity contribution >= 4 is 11.6 Å². The molecule has 0 aliphatic carbocycles. The number of fused-ring (bicyclic) bond motifs is 1. The van der Waals surface area contributed by atoms with Crippen LogP contribution < -0.4 is 5.32 Å². The average Bonchev–Trinajstić information content (AvgIpc) is 2.63. The SMILES string of the molecule is O=C1Nc2cc(F)ccc2C1(O)c1ccccc1. The van der Waals surface area contributed by atoms with Gasteiger partial charge in [-0.15, -0.1) is 0 Å². The third kappa shape index (κ3) is 1.36. The normalized spacial score (nSPS) is 21.6. The summed E-state index contributed by atoms with van der Waals surface area (Å²) in [6.45, 7) is 0. The zero-order chi connectivity index (χ0) is 12.8. The van der Waals surface area contributed by atoms with Crippen LogP contribution in [0.3, 0.4) is 0 Å². The summed E-state index contributed by atoms with van der Waals surface area (Å²) in [6.07, 6.45) is 0. The summed E-state index contributed by atoms with van der Waals surface area (Å²) in [7, 11) is 0. The van der Waals surface area contributed by atoms with E-state index in [0.29, 0.717) is 16.8 Å². The summed E-state index contributed by atoms with van der Waals surface area (Å²) in [5, 5.41) is 13.1. The fourth-order valence-electron chi connectivity index (χ4n) is 2.24. The maximum absolute atomic E-state index is 13.1.